The number of ether oxygens (including phenoxy) is 2. The summed E-state index contributed by atoms with van der Waals surface area (Å²) in [6.07, 6.45) is -4.98. The number of nitriles is 1. The van der Waals surface area contributed by atoms with E-state index in [-0.39, 0.29) is 17.7 Å². The van der Waals surface area contributed by atoms with E-state index < -0.39 is 23.1 Å². The fourth-order valence-electron chi connectivity index (χ4n) is 1.22. The lowest BCUT2D eigenvalue weighted by Gasteiger charge is -2.13. The molecule has 0 heterocycles. The van der Waals surface area contributed by atoms with Gasteiger partial charge in [-0.15, -0.1) is 13.2 Å². The highest BCUT2D eigenvalue weighted by Gasteiger charge is 2.33. The molecule has 0 atom stereocenters. The molecule has 0 N–H and O–H groups in total. The van der Waals surface area contributed by atoms with Gasteiger partial charge >= 0.3 is 12.3 Å². The van der Waals surface area contributed by atoms with Gasteiger partial charge in [-0.2, -0.15) is 5.26 Å². The summed E-state index contributed by atoms with van der Waals surface area (Å²) in [6, 6.07) is 3.43. The van der Waals surface area contributed by atoms with Crippen molar-refractivity contribution in [3.8, 4) is 11.8 Å². The van der Waals surface area contributed by atoms with Gasteiger partial charge in [0.2, 0.25) is 0 Å². The summed E-state index contributed by atoms with van der Waals surface area (Å²) in [5.74, 6) is -1.76. The van der Waals surface area contributed by atoms with E-state index in [4.69, 9.17) is 16.9 Å². The molecule has 0 unspecified atom stereocenters. The minimum absolute atomic E-state index is 0.0153. The predicted molar refractivity (Wildman–Crippen MR) is 58.8 cm³/mol. The molecule has 0 radical (unpaired) electrons. The van der Waals surface area contributed by atoms with E-state index in [9.17, 15) is 18.0 Å². The average Bonchev–Trinajstić information content (AvgIpc) is 2.30. The number of carbonyl (C=O) groups excluding carboxylic acids is 1. The third-order valence-corrected chi connectivity index (χ3v) is 2.28. The standard InChI is InChI=1S/C11H7ClF3NO3/c1-2-18-10(17)7-3-6(5-16)4-8(9(7)12)19-11(13,14)15/h3-4H,2H2,1H3. The molecule has 102 valence electrons. The van der Waals surface area contributed by atoms with Gasteiger partial charge in [-0.1, -0.05) is 11.6 Å². The Balaban J connectivity index is 3.29. The maximum Gasteiger partial charge on any atom is 0.573 e. The van der Waals surface area contributed by atoms with E-state index in [2.05, 4.69) is 9.47 Å². The predicted octanol–water partition coefficient (Wildman–Crippen LogP) is 3.29. The van der Waals surface area contributed by atoms with Gasteiger partial charge in [0.15, 0.2) is 0 Å². The number of halogens is 4. The molecule has 0 aliphatic rings. The molecule has 0 fully saturated rings. The van der Waals surface area contributed by atoms with Gasteiger partial charge < -0.3 is 9.47 Å². The Labute approximate surface area is 111 Å². The van der Waals surface area contributed by atoms with Crippen LogP contribution in [0.3, 0.4) is 0 Å². The van der Waals surface area contributed by atoms with Gasteiger partial charge in [-0.05, 0) is 19.1 Å². The lowest BCUT2D eigenvalue weighted by molar-refractivity contribution is -0.274. The van der Waals surface area contributed by atoms with Crippen LogP contribution < -0.4 is 4.74 Å². The van der Waals surface area contributed by atoms with E-state index >= 15 is 0 Å². The van der Waals surface area contributed by atoms with E-state index in [1.807, 2.05) is 0 Å². The van der Waals surface area contributed by atoms with Crippen LogP contribution in [0.15, 0.2) is 12.1 Å². The van der Waals surface area contributed by atoms with Crippen LogP contribution in [0.2, 0.25) is 5.02 Å². The summed E-state index contributed by atoms with van der Waals surface area (Å²) < 4.78 is 44.8. The van der Waals surface area contributed by atoms with Crippen LogP contribution in [-0.2, 0) is 4.74 Å². The maximum absolute atomic E-state index is 12.2. The second-order valence-electron chi connectivity index (χ2n) is 3.22. The normalized spacial score (nSPS) is 10.7. The fourth-order valence-corrected chi connectivity index (χ4v) is 1.44. The zero-order chi connectivity index (χ0) is 14.6. The van der Waals surface area contributed by atoms with Gasteiger partial charge in [0, 0.05) is 0 Å². The van der Waals surface area contributed by atoms with Gasteiger partial charge in [-0.3, -0.25) is 0 Å². The van der Waals surface area contributed by atoms with E-state index in [1.165, 1.54) is 6.92 Å². The number of carbonyl (C=O) groups is 1. The molecule has 0 aromatic heterocycles. The van der Waals surface area contributed by atoms with Crippen molar-refractivity contribution >= 4 is 17.6 Å². The van der Waals surface area contributed by atoms with Gasteiger partial charge in [0.05, 0.1) is 28.8 Å². The van der Waals surface area contributed by atoms with Crippen LogP contribution in [0.25, 0.3) is 0 Å². The fraction of sp³-hybridized carbons (Fsp3) is 0.273. The first-order valence-electron chi connectivity index (χ1n) is 4.95. The summed E-state index contributed by atoms with van der Waals surface area (Å²) in [4.78, 5) is 11.5. The van der Waals surface area contributed by atoms with Crippen molar-refractivity contribution in [2.45, 2.75) is 13.3 Å². The molecule has 1 aromatic carbocycles. The Bertz CT molecular complexity index is 537. The topological polar surface area (TPSA) is 59.3 Å². The SMILES string of the molecule is CCOC(=O)c1cc(C#N)cc(OC(F)(F)F)c1Cl. The third-order valence-electron chi connectivity index (χ3n) is 1.89. The summed E-state index contributed by atoms with van der Waals surface area (Å²) in [5, 5.41) is 8.14. The second kappa shape index (κ2) is 5.80. The summed E-state index contributed by atoms with van der Waals surface area (Å²) in [7, 11) is 0. The van der Waals surface area contributed by atoms with Crippen molar-refractivity contribution in [1.29, 1.82) is 5.26 Å². The summed E-state index contributed by atoms with van der Waals surface area (Å²) in [5.41, 5.74) is -0.562. The van der Waals surface area contributed by atoms with Crippen molar-refractivity contribution in [3.05, 3.63) is 28.3 Å². The number of hydrogen-bond acceptors (Lipinski definition) is 4. The molecule has 0 spiro atoms. The van der Waals surface area contributed by atoms with Crippen LogP contribution in [0.5, 0.6) is 5.75 Å². The first-order chi connectivity index (χ1) is 8.78. The average molecular weight is 294 g/mol. The van der Waals surface area contributed by atoms with Crippen molar-refractivity contribution in [2.24, 2.45) is 0 Å². The first-order valence-corrected chi connectivity index (χ1v) is 5.32. The molecule has 0 saturated heterocycles. The minimum Gasteiger partial charge on any atom is -0.462 e. The minimum atomic E-state index is -4.98. The highest BCUT2D eigenvalue weighted by atomic mass is 35.5. The van der Waals surface area contributed by atoms with Crippen LogP contribution in [0.1, 0.15) is 22.8 Å². The number of rotatable bonds is 3. The van der Waals surface area contributed by atoms with Crippen molar-refractivity contribution < 1.29 is 27.4 Å². The number of alkyl halides is 3. The molecule has 1 rings (SSSR count). The van der Waals surface area contributed by atoms with Gasteiger partial charge in [0.25, 0.3) is 0 Å². The highest BCUT2D eigenvalue weighted by Crippen LogP contribution is 2.34. The van der Waals surface area contributed by atoms with Gasteiger partial charge in [0.1, 0.15) is 5.75 Å². The van der Waals surface area contributed by atoms with Crippen LogP contribution in [0, 0.1) is 11.3 Å². The Hall–Kier alpha value is -1.94. The van der Waals surface area contributed by atoms with Crippen LogP contribution in [0.4, 0.5) is 13.2 Å². The third kappa shape index (κ3) is 4.03. The van der Waals surface area contributed by atoms with Crippen LogP contribution in [-0.4, -0.2) is 18.9 Å². The lowest BCUT2D eigenvalue weighted by Crippen LogP contribution is -2.18. The molecule has 4 nitrogen and oxygen atoms in total. The van der Waals surface area contributed by atoms with Crippen molar-refractivity contribution in [2.75, 3.05) is 6.61 Å². The number of benzene rings is 1. The molecule has 19 heavy (non-hydrogen) atoms. The van der Waals surface area contributed by atoms with Crippen molar-refractivity contribution in [1.82, 2.24) is 0 Å². The van der Waals surface area contributed by atoms with E-state index in [1.54, 1.807) is 6.07 Å². The van der Waals surface area contributed by atoms with E-state index in [0.717, 1.165) is 12.1 Å². The molecular weight excluding hydrogens is 287 g/mol. The monoisotopic (exact) mass is 293 g/mol. The molecule has 0 amide bonds. The van der Waals surface area contributed by atoms with Crippen molar-refractivity contribution in [3.63, 3.8) is 0 Å². The number of esters is 1. The molecule has 0 aliphatic heterocycles. The molecule has 0 aliphatic carbocycles. The zero-order valence-electron chi connectivity index (χ0n) is 9.55. The lowest BCUT2D eigenvalue weighted by atomic mass is 10.1. The Morgan fingerprint density at radius 2 is 2.11 bits per heavy atom. The number of hydrogen-bond donors (Lipinski definition) is 0. The van der Waals surface area contributed by atoms with Crippen LogP contribution >= 0.6 is 11.6 Å². The number of nitrogens with zero attached hydrogens (tertiary/aromatic N) is 1. The maximum atomic E-state index is 12.2. The Morgan fingerprint density at radius 3 is 2.58 bits per heavy atom. The largest absolute Gasteiger partial charge is 0.573 e. The molecular formula is C11H7ClF3NO3. The highest BCUT2D eigenvalue weighted by molar-refractivity contribution is 6.35. The van der Waals surface area contributed by atoms with E-state index in [0.29, 0.717) is 0 Å². The quantitative estimate of drug-likeness (QED) is 0.802. The molecule has 1 aromatic rings. The van der Waals surface area contributed by atoms with Gasteiger partial charge in [-0.25, -0.2) is 4.79 Å². The first kappa shape index (κ1) is 15.1. The Morgan fingerprint density at radius 1 is 1.47 bits per heavy atom. The smallest absolute Gasteiger partial charge is 0.462 e. The molecule has 0 bridgehead atoms. The Kier molecular flexibility index (Phi) is 4.62. The summed E-state index contributed by atoms with van der Waals surface area (Å²) >= 11 is 5.64. The second-order valence-corrected chi connectivity index (χ2v) is 3.59. The molecule has 0 saturated carbocycles. The zero-order valence-corrected chi connectivity index (χ0v) is 10.3. The summed E-state index contributed by atoms with van der Waals surface area (Å²) in [6.45, 7) is 1.54. The molecule has 8 heteroatoms.